The Hall–Kier alpha value is -3.11. The molecular weight excluding hydrogens is 402 g/mol. The van der Waals surface area contributed by atoms with Crippen molar-refractivity contribution in [1.29, 1.82) is 0 Å². The third kappa shape index (κ3) is 3.27. The van der Waals surface area contributed by atoms with Gasteiger partial charge in [-0.05, 0) is 36.4 Å². The van der Waals surface area contributed by atoms with Crippen LogP contribution in [-0.2, 0) is 19.9 Å². The second-order valence-electron chi connectivity index (χ2n) is 6.17. The van der Waals surface area contributed by atoms with Crippen LogP contribution in [0.1, 0.15) is 0 Å². The van der Waals surface area contributed by atoms with Gasteiger partial charge in [0.2, 0.25) is 0 Å². The smallest absolute Gasteiger partial charge is 0.263 e. The SMILES string of the molecule is CS(=O)(=O)c1ccccc1S(=O)(=O)Nc1ccc2[nH]nc(-c3ccoc3)c2c1. The molecule has 2 N–H and O–H groups in total. The molecule has 0 atom stereocenters. The minimum absolute atomic E-state index is 0.258. The summed E-state index contributed by atoms with van der Waals surface area (Å²) in [6, 6.07) is 12.1. The maximum absolute atomic E-state index is 12.8. The molecule has 4 rings (SSSR count). The van der Waals surface area contributed by atoms with E-state index in [-0.39, 0.29) is 15.5 Å². The number of rotatable bonds is 5. The van der Waals surface area contributed by atoms with Crippen LogP contribution in [0.15, 0.2) is 75.3 Å². The van der Waals surface area contributed by atoms with Gasteiger partial charge < -0.3 is 4.42 Å². The molecule has 0 aliphatic carbocycles. The number of nitrogens with zero attached hydrogens (tertiary/aromatic N) is 1. The Balaban J connectivity index is 1.77. The molecule has 0 bridgehead atoms. The van der Waals surface area contributed by atoms with Gasteiger partial charge in [-0.2, -0.15) is 5.10 Å². The first-order chi connectivity index (χ1) is 13.3. The highest BCUT2D eigenvalue weighted by Gasteiger charge is 2.24. The van der Waals surface area contributed by atoms with E-state index >= 15 is 0 Å². The third-order valence-electron chi connectivity index (χ3n) is 4.15. The summed E-state index contributed by atoms with van der Waals surface area (Å²) in [5, 5.41) is 7.81. The molecule has 144 valence electrons. The van der Waals surface area contributed by atoms with E-state index in [0.29, 0.717) is 11.1 Å². The van der Waals surface area contributed by atoms with Gasteiger partial charge >= 0.3 is 0 Å². The molecule has 2 heterocycles. The van der Waals surface area contributed by atoms with Gasteiger partial charge in [-0.3, -0.25) is 9.82 Å². The number of hydrogen-bond donors (Lipinski definition) is 2. The molecule has 0 saturated carbocycles. The Kier molecular flexibility index (Phi) is 4.24. The largest absolute Gasteiger partial charge is 0.472 e. The van der Waals surface area contributed by atoms with Crippen molar-refractivity contribution in [3.8, 4) is 11.3 Å². The molecule has 28 heavy (non-hydrogen) atoms. The summed E-state index contributed by atoms with van der Waals surface area (Å²) < 4.78 is 57.1. The number of aromatic nitrogens is 2. The number of furan rings is 1. The molecule has 8 nitrogen and oxygen atoms in total. The molecule has 0 saturated heterocycles. The Morgan fingerprint density at radius 1 is 1.00 bits per heavy atom. The zero-order valence-electron chi connectivity index (χ0n) is 14.6. The van der Waals surface area contributed by atoms with Crippen molar-refractivity contribution in [3.63, 3.8) is 0 Å². The average molecular weight is 417 g/mol. The summed E-state index contributed by atoms with van der Waals surface area (Å²) in [5.41, 5.74) is 2.35. The Labute approximate surface area is 161 Å². The Morgan fingerprint density at radius 2 is 1.75 bits per heavy atom. The fourth-order valence-corrected chi connectivity index (χ4v) is 5.57. The lowest BCUT2D eigenvalue weighted by Crippen LogP contribution is -2.16. The van der Waals surface area contributed by atoms with E-state index in [2.05, 4.69) is 14.9 Å². The minimum atomic E-state index is -4.12. The molecule has 0 amide bonds. The predicted octanol–water partition coefficient (Wildman–Crippen LogP) is 3.03. The minimum Gasteiger partial charge on any atom is -0.472 e. The van der Waals surface area contributed by atoms with Crippen LogP contribution in [-0.4, -0.2) is 33.3 Å². The highest BCUT2D eigenvalue weighted by molar-refractivity contribution is 7.95. The van der Waals surface area contributed by atoms with Gasteiger partial charge in [0, 0.05) is 22.9 Å². The van der Waals surface area contributed by atoms with E-state index in [1.807, 2.05) is 0 Å². The van der Waals surface area contributed by atoms with Crippen LogP contribution >= 0.6 is 0 Å². The number of anilines is 1. The maximum Gasteiger partial charge on any atom is 0.263 e. The lowest BCUT2D eigenvalue weighted by atomic mass is 10.1. The number of sulfonamides is 1. The molecule has 0 spiro atoms. The molecule has 10 heteroatoms. The van der Waals surface area contributed by atoms with Crippen LogP contribution in [0.5, 0.6) is 0 Å². The molecule has 2 aromatic carbocycles. The number of H-pyrrole nitrogens is 1. The van der Waals surface area contributed by atoms with Gasteiger partial charge in [0.05, 0.1) is 22.9 Å². The number of benzene rings is 2. The van der Waals surface area contributed by atoms with Crippen molar-refractivity contribution >= 4 is 36.5 Å². The van der Waals surface area contributed by atoms with Crippen LogP contribution in [0.4, 0.5) is 5.69 Å². The van der Waals surface area contributed by atoms with E-state index in [9.17, 15) is 16.8 Å². The molecular formula is C18H15N3O5S2. The van der Waals surface area contributed by atoms with Gasteiger partial charge in [-0.1, -0.05) is 12.1 Å². The van der Waals surface area contributed by atoms with Crippen LogP contribution < -0.4 is 4.72 Å². The summed E-state index contributed by atoms with van der Waals surface area (Å²) in [6.45, 7) is 0. The fourth-order valence-electron chi connectivity index (χ4n) is 2.89. The monoisotopic (exact) mass is 417 g/mol. The van der Waals surface area contributed by atoms with Gasteiger partial charge in [0.1, 0.15) is 10.6 Å². The molecule has 2 aromatic heterocycles. The quantitative estimate of drug-likeness (QED) is 0.515. The lowest BCUT2D eigenvalue weighted by Gasteiger charge is -2.11. The zero-order valence-corrected chi connectivity index (χ0v) is 16.2. The van der Waals surface area contributed by atoms with Crippen LogP contribution in [0.2, 0.25) is 0 Å². The summed E-state index contributed by atoms with van der Waals surface area (Å²) in [6.07, 6.45) is 4.02. The second-order valence-corrected chi connectivity index (χ2v) is 9.80. The van der Waals surface area contributed by atoms with Crippen molar-refractivity contribution in [2.24, 2.45) is 0 Å². The second kappa shape index (κ2) is 6.50. The number of nitrogens with one attached hydrogen (secondary N) is 2. The van der Waals surface area contributed by atoms with Crippen molar-refractivity contribution in [2.75, 3.05) is 11.0 Å². The van der Waals surface area contributed by atoms with Crippen molar-refractivity contribution < 1.29 is 21.3 Å². The Morgan fingerprint density at radius 3 is 2.43 bits per heavy atom. The zero-order chi connectivity index (χ0) is 19.9. The van der Waals surface area contributed by atoms with E-state index in [1.165, 1.54) is 36.8 Å². The van der Waals surface area contributed by atoms with Gasteiger partial charge in [-0.15, -0.1) is 0 Å². The highest BCUT2D eigenvalue weighted by atomic mass is 32.2. The lowest BCUT2D eigenvalue weighted by molar-refractivity contribution is 0.568. The van der Waals surface area contributed by atoms with Gasteiger partial charge in [0.15, 0.2) is 9.84 Å². The predicted molar refractivity (Wildman–Crippen MR) is 104 cm³/mol. The van der Waals surface area contributed by atoms with Crippen molar-refractivity contribution in [2.45, 2.75) is 9.79 Å². The molecule has 0 aliphatic rings. The van der Waals surface area contributed by atoms with E-state index in [1.54, 1.807) is 24.3 Å². The van der Waals surface area contributed by atoms with Crippen molar-refractivity contribution in [3.05, 3.63) is 61.1 Å². The summed E-state index contributed by atoms with van der Waals surface area (Å²) in [5.74, 6) is 0. The third-order valence-corrected chi connectivity index (χ3v) is 6.87. The molecule has 4 aromatic rings. The summed E-state index contributed by atoms with van der Waals surface area (Å²) >= 11 is 0. The number of sulfone groups is 1. The molecule has 0 radical (unpaired) electrons. The molecule has 0 unspecified atom stereocenters. The van der Waals surface area contributed by atoms with Gasteiger partial charge in [-0.25, -0.2) is 16.8 Å². The first kappa shape index (κ1) is 18.3. The number of hydrogen-bond acceptors (Lipinski definition) is 6. The topological polar surface area (TPSA) is 122 Å². The summed E-state index contributed by atoms with van der Waals surface area (Å²) in [7, 11) is -7.84. The van der Waals surface area contributed by atoms with Crippen LogP contribution in [0, 0.1) is 0 Å². The Bertz CT molecular complexity index is 1370. The summed E-state index contributed by atoms with van der Waals surface area (Å²) in [4.78, 5) is -0.564. The number of fused-ring (bicyclic) bond motifs is 1. The normalized spacial score (nSPS) is 12.3. The first-order valence-electron chi connectivity index (χ1n) is 8.08. The molecule has 0 fully saturated rings. The van der Waals surface area contributed by atoms with Crippen LogP contribution in [0.25, 0.3) is 22.2 Å². The molecule has 0 aliphatic heterocycles. The van der Waals surface area contributed by atoms with E-state index in [4.69, 9.17) is 4.42 Å². The average Bonchev–Trinajstić information content (AvgIpc) is 3.29. The first-order valence-corrected chi connectivity index (χ1v) is 11.5. The maximum atomic E-state index is 12.8. The van der Waals surface area contributed by atoms with E-state index < -0.39 is 19.9 Å². The van der Waals surface area contributed by atoms with E-state index in [0.717, 1.165) is 17.3 Å². The highest BCUT2D eigenvalue weighted by Crippen LogP contribution is 2.30. The van der Waals surface area contributed by atoms with Crippen LogP contribution in [0.3, 0.4) is 0 Å². The van der Waals surface area contributed by atoms with Crippen molar-refractivity contribution in [1.82, 2.24) is 10.2 Å². The fraction of sp³-hybridized carbons (Fsp3) is 0.0556. The van der Waals surface area contributed by atoms with Gasteiger partial charge in [0.25, 0.3) is 10.0 Å². The number of aromatic amines is 1. The standard InChI is InChI=1S/C18H15N3O5S2/c1-27(22,23)16-4-2-3-5-17(16)28(24,25)21-13-6-7-15-14(10-13)18(20-19-15)12-8-9-26-11-12/h2-11,21H,1H3,(H,19,20).